The van der Waals surface area contributed by atoms with Crippen LogP contribution < -0.4 is 10.0 Å². The van der Waals surface area contributed by atoms with Crippen LogP contribution in [-0.2, 0) is 10.2 Å². The molecule has 0 amide bonds. The van der Waals surface area contributed by atoms with E-state index < -0.39 is 10.2 Å². The molecule has 0 aromatic rings. The highest BCUT2D eigenvalue weighted by Crippen LogP contribution is 2.18. The minimum Gasteiger partial charge on any atom is -0.317 e. The van der Waals surface area contributed by atoms with Crippen LogP contribution in [0.3, 0.4) is 0 Å². The third-order valence-corrected chi connectivity index (χ3v) is 5.80. The average molecular weight is 275 g/mol. The molecule has 0 aromatic heterocycles. The van der Waals surface area contributed by atoms with Crippen molar-refractivity contribution in [3.05, 3.63) is 0 Å². The average Bonchev–Trinajstić information content (AvgIpc) is 2.40. The van der Waals surface area contributed by atoms with E-state index in [0.717, 1.165) is 45.2 Å². The molecule has 2 N–H and O–H groups in total. The summed E-state index contributed by atoms with van der Waals surface area (Å²) in [5.74, 6) is 0.464. The van der Waals surface area contributed by atoms with E-state index in [2.05, 4.69) is 10.0 Å². The summed E-state index contributed by atoms with van der Waals surface area (Å²) < 4.78 is 28.9. The summed E-state index contributed by atoms with van der Waals surface area (Å²) in [5.41, 5.74) is 0. The lowest BCUT2D eigenvalue weighted by Gasteiger charge is -2.32. The maximum Gasteiger partial charge on any atom is 0.279 e. The van der Waals surface area contributed by atoms with Gasteiger partial charge in [0.1, 0.15) is 0 Å². The van der Waals surface area contributed by atoms with Crippen molar-refractivity contribution in [2.45, 2.75) is 45.1 Å². The smallest absolute Gasteiger partial charge is 0.279 e. The summed E-state index contributed by atoms with van der Waals surface area (Å²) >= 11 is 0. The van der Waals surface area contributed by atoms with E-state index in [4.69, 9.17) is 0 Å². The molecule has 1 atom stereocenters. The Balaban J connectivity index is 1.89. The van der Waals surface area contributed by atoms with E-state index >= 15 is 0 Å². The summed E-state index contributed by atoms with van der Waals surface area (Å²) in [7, 11) is -3.27. The molecule has 18 heavy (non-hydrogen) atoms. The first kappa shape index (κ1) is 14.2. The van der Waals surface area contributed by atoms with Gasteiger partial charge in [-0.2, -0.15) is 17.4 Å². The Bertz CT molecular complexity index is 346. The number of piperidine rings is 2. The molecule has 0 saturated carbocycles. The second-order valence-corrected chi connectivity index (χ2v) is 7.16. The van der Waals surface area contributed by atoms with Gasteiger partial charge >= 0.3 is 0 Å². The van der Waals surface area contributed by atoms with Crippen molar-refractivity contribution in [3.8, 4) is 0 Å². The first-order chi connectivity index (χ1) is 8.59. The number of nitrogens with one attached hydrogen (secondary N) is 2. The topological polar surface area (TPSA) is 61.4 Å². The fourth-order valence-electron chi connectivity index (χ4n) is 2.86. The minimum atomic E-state index is -3.27. The van der Waals surface area contributed by atoms with Crippen LogP contribution in [0.1, 0.15) is 39.0 Å². The second-order valence-electron chi connectivity index (χ2n) is 5.46. The molecule has 1 unspecified atom stereocenters. The van der Waals surface area contributed by atoms with Crippen molar-refractivity contribution >= 4 is 10.2 Å². The van der Waals surface area contributed by atoms with Gasteiger partial charge in [-0.1, -0.05) is 6.42 Å². The lowest BCUT2D eigenvalue weighted by Crippen LogP contribution is -2.49. The highest BCUT2D eigenvalue weighted by Gasteiger charge is 2.28. The van der Waals surface area contributed by atoms with Crippen LogP contribution in [0.4, 0.5) is 0 Å². The monoisotopic (exact) mass is 275 g/mol. The van der Waals surface area contributed by atoms with Crippen molar-refractivity contribution in [1.29, 1.82) is 0 Å². The summed E-state index contributed by atoms with van der Waals surface area (Å²) in [6.45, 7) is 5.35. The van der Waals surface area contributed by atoms with Crippen molar-refractivity contribution in [1.82, 2.24) is 14.3 Å². The van der Waals surface area contributed by atoms with Crippen LogP contribution in [0.15, 0.2) is 0 Å². The van der Waals surface area contributed by atoms with Crippen LogP contribution in [0.5, 0.6) is 0 Å². The Morgan fingerprint density at radius 3 is 2.39 bits per heavy atom. The van der Waals surface area contributed by atoms with Crippen molar-refractivity contribution in [3.63, 3.8) is 0 Å². The third-order valence-electron chi connectivity index (χ3n) is 4.08. The summed E-state index contributed by atoms with van der Waals surface area (Å²) in [6, 6.07) is 0.0408. The molecule has 2 rings (SSSR count). The largest absolute Gasteiger partial charge is 0.317 e. The molecule has 2 aliphatic rings. The maximum absolute atomic E-state index is 12.2. The highest BCUT2D eigenvalue weighted by atomic mass is 32.2. The number of hydrogen-bond acceptors (Lipinski definition) is 3. The fourth-order valence-corrected chi connectivity index (χ4v) is 4.41. The molecular weight excluding hydrogens is 250 g/mol. The van der Waals surface area contributed by atoms with E-state index in [-0.39, 0.29) is 6.04 Å². The number of nitrogens with zero attached hydrogens (tertiary/aromatic N) is 1. The molecule has 0 spiro atoms. The van der Waals surface area contributed by atoms with E-state index in [9.17, 15) is 8.42 Å². The normalized spacial score (nSPS) is 26.1. The van der Waals surface area contributed by atoms with Gasteiger partial charge in [-0.3, -0.25) is 0 Å². The summed E-state index contributed by atoms with van der Waals surface area (Å²) in [5, 5.41) is 3.31. The standard InChI is InChI=1S/C12H25N3O2S/c1-11(12-5-7-13-8-6-12)14-18(16,17)15-9-3-2-4-10-15/h11-14H,2-10H2,1H3. The second kappa shape index (κ2) is 6.32. The van der Waals surface area contributed by atoms with Gasteiger partial charge in [0, 0.05) is 19.1 Å². The van der Waals surface area contributed by atoms with Gasteiger partial charge in [-0.25, -0.2) is 0 Å². The zero-order chi connectivity index (χ0) is 13.0. The first-order valence-electron chi connectivity index (χ1n) is 7.08. The van der Waals surface area contributed by atoms with Crippen LogP contribution in [-0.4, -0.2) is 44.9 Å². The third kappa shape index (κ3) is 3.66. The summed E-state index contributed by atoms with van der Waals surface area (Å²) in [6.07, 6.45) is 5.24. The molecule has 0 aromatic carbocycles. The van der Waals surface area contributed by atoms with Crippen molar-refractivity contribution in [2.24, 2.45) is 5.92 Å². The quantitative estimate of drug-likeness (QED) is 0.794. The van der Waals surface area contributed by atoms with E-state index in [1.807, 2.05) is 6.92 Å². The summed E-state index contributed by atoms with van der Waals surface area (Å²) in [4.78, 5) is 0. The highest BCUT2D eigenvalue weighted by molar-refractivity contribution is 7.87. The Morgan fingerprint density at radius 2 is 1.78 bits per heavy atom. The van der Waals surface area contributed by atoms with E-state index in [0.29, 0.717) is 19.0 Å². The van der Waals surface area contributed by atoms with Crippen LogP contribution in [0.25, 0.3) is 0 Å². The van der Waals surface area contributed by atoms with Gasteiger partial charge in [0.05, 0.1) is 0 Å². The molecule has 2 fully saturated rings. The van der Waals surface area contributed by atoms with Crippen LogP contribution in [0, 0.1) is 5.92 Å². The molecular formula is C12H25N3O2S. The van der Waals surface area contributed by atoms with Gasteiger partial charge in [0.25, 0.3) is 10.2 Å². The Labute approximate surface area is 110 Å². The zero-order valence-electron chi connectivity index (χ0n) is 11.2. The fraction of sp³-hybridized carbons (Fsp3) is 1.00. The molecule has 2 aliphatic heterocycles. The minimum absolute atomic E-state index is 0.0408. The Kier molecular flexibility index (Phi) is 5.00. The molecule has 106 valence electrons. The van der Waals surface area contributed by atoms with Gasteiger partial charge in [-0.15, -0.1) is 0 Å². The van der Waals surface area contributed by atoms with Gasteiger partial charge < -0.3 is 5.32 Å². The molecule has 0 aliphatic carbocycles. The first-order valence-corrected chi connectivity index (χ1v) is 8.52. The Hall–Kier alpha value is -0.170. The molecule has 5 nitrogen and oxygen atoms in total. The van der Waals surface area contributed by atoms with Crippen LogP contribution >= 0.6 is 0 Å². The van der Waals surface area contributed by atoms with E-state index in [1.54, 1.807) is 4.31 Å². The lowest BCUT2D eigenvalue weighted by atomic mass is 9.92. The van der Waals surface area contributed by atoms with Gasteiger partial charge in [0.15, 0.2) is 0 Å². The van der Waals surface area contributed by atoms with Crippen molar-refractivity contribution < 1.29 is 8.42 Å². The molecule has 2 saturated heterocycles. The van der Waals surface area contributed by atoms with Gasteiger partial charge in [0.2, 0.25) is 0 Å². The molecule has 6 heteroatoms. The maximum atomic E-state index is 12.2. The number of hydrogen-bond donors (Lipinski definition) is 2. The van der Waals surface area contributed by atoms with Crippen LogP contribution in [0.2, 0.25) is 0 Å². The van der Waals surface area contributed by atoms with Crippen molar-refractivity contribution in [2.75, 3.05) is 26.2 Å². The van der Waals surface area contributed by atoms with Gasteiger partial charge in [-0.05, 0) is 51.6 Å². The predicted molar refractivity (Wildman–Crippen MR) is 72.5 cm³/mol. The SMILES string of the molecule is CC(NS(=O)(=O)N1CCCCC1)C1CCNCC1. The predicted octanol–water partition coefficient (Wildman–Crippen LogP) is 0.695. The molecule has 0 radical (unpaired) electrons. The van der Waals surface area contributed by atoms with E-state index in [1.165, 1.54) is 0 Å². The molecule has 0 bridgehead atoms. The zero-order valence-corrected chi connectivity index (χ0v) is 12.0. The molecule has 2 heterocycles. The number of rotatable bonds is 4. The Morgan fingerprint density at radius 1 is 1.17 bits per heavy atom. The lowest BCUT2D eigenvalue weighted by molar-refractivity contribution is 0.299.